The molecular formula is C18H21FN2. The molecule has 0 aliphatic carbocycles. The normalized spacial score (nSPS) is 20.1. The van der Waals surface area contributed by atoms with E-state index in [9.17, 15) is 4.39 Å². The molecular weight excluding hydrogens is 263 g/mol. The van der Waals surface area contributed by atoms with Gasteiger partial charge in [0, 0.05) is 25.0 Å². The lowest BCUT2D eigenvalue weighted by molar-refractivity contribution is 0.192. The van der Waals surface area contributed by atoms with Crippen molar-refractivity contribution in [2.24, 2.45) is 0 Å². The first-order valence-corrected chi connectivity index (χ1v) is 7.71. The monoisotopic (exact) mass is 284 g/mol. The highest BCUT2D eigenvalue weighted by Crippen LogP contribution is 2.31. The van der Waals surface area contributed by atoms with E-state index < -0.39 is 0 Å². The molecule has 0 bridgehead atoms. The Labute approximate surface area is 125 Å². The molecule has 1 aliphatic rings. The van der Waals surface area contributed by atoms with E-state index >= 15 is 0 Å². The van der Waals surface area contributed by atoms with Crippen molar-refractivity contribution in [2.75, 3.05) is 6.54 Å². The first-order valence-electron chi connectivity index (χ1n) is 7.71. The van der Waals surface area contributed by atoms with Gasteiger partial charge in [-0.1, -0.05) is 25.0 Å². The fourth-order valence-corrected chi connectivity index (χ4v) is 3.14. The van der Waals surface area contributed by atoms with Crippen LogP contribution in [0.1, 0.15) is 42.9 Å². The number of benzene rings is 1. The van der Waals surface area contributed by atoms with Crippen LogP contribution < -0.4 is 0 Å². The van der Waals surface area contributed by atoms with E-state index in [1.165, 1.54) is 36.8 Å². The number of aromatic nitrogens is 1. The van der Waals surface area contributed by atoms with Crippen molar-refractivity contribution in [1.82, 2.24) is 9.88 Å². The zero-order valence-corrected chi connectivity index (χ0v) is 12.2. The SMILES string of the molecule is Fc1ccc(CN2CCCCCC2c2ccncc2)cc1. The summed E-state index contributed by atoms with van der Waals surface area (Å²) in [4.78, 5) is 6.65. The molecule has 21 heavy (non-hydrogen) atoms. The van der Waals surface area contributed by atoms with E-state index in [-0.39, 0.29) is 5.82 Å². The maximum absolute atomic E-state index is 13.1. The van der Waals surface area contributed by atoms with Crippen molar-refractivity contribution >= 4 is 0 Å². The molecule has 2 nitrogen and oxygen atoms in total. The molecule has 1 aliphatic heterocycles. The first kappa shape index (κ1) is 14.2. The lowest BCUT2D eigenvalue weighted by Gasteiger charge is -2.30. The van der Waals surface area contributed by atoms with Crippen LogP contribution in [0, 0.1) is 5.82 Å². The van der Waals surface area contributed by atoms with Gasteiger partial charge in [0.25, 0.3) is 0 Å². The molecule has 2 heterocycles. The van der Waals surface area contributed by atoms with Gasteiger partial charge in [-0.05, 0) is 54.8 Å². The minimum atomic E-state index is -0.166. The molecule has 1 aromatic heterocycles. The van der Waals surface area contributed by atoms with Crippen molar-refractivity contribution in [2.45, 2.75) is 38.3 Å². The summed E-state index contributed by atoms with van der Waals surface area (Å²) in [7, 11) is 0. The van der Waals surface area contributed by atoms with Crippen molar-refractivity contribution in [3.63, 3.8) is 0 Å². The predicted octanol–water partition coefficient (Wildman–Crippen LogP) is 4.34. The fraction of sp³-hybridized carbons (Fsp3) is 0.389. The van der Waals surface area contributed by atoms with Crippen molar-refractivity contribution < 1.29 is 4.39 Å². The van der Waals surface area contributed by atoms with Gasteiger partial charge in [0.2, 0.25) is 0 Å². The van der Waals surface area contributed by atoms with Gasteiger partial charge >= 0.3 is 0 Å². The lowest BCUT2D eigenvalue weighted by Crippen LogP contribution is -2.28. The Morgan fingerprint density at radius 1 is 1.00 bits per heavy atom. The van der Waals surface area contributed by atoms with Crippen LogP contribution in [0.25, 0.3) is 0 Å². The molecule has 1 fully saturated rings. The summed E-state index contributed by atoms with van der Waals surface area (Å²) >= 11 is 0. The van der Waals surface area contributed by atoms with Gasteiger partial charge in [-0.3, -0.25) is 9.88 Å². The van der Waals surface area contributed by atoms with E-state index in [0.29, 0.717) is 6.04 Å². The Morgan fingerprint density at radius 2 is 1.76 bits per heavy atom. The van der Waals surface area contributed by atoms with Gasteiger partial charge in [0.15, 0.2) is 0 Å². The van der Waals surface area contributed by atoms with Gasteiger partial charge in [0.05, 0.1) is 0 Å². The lowest BCUT2D eigenvalue weighted by atomic mass is 10.0. The molecule has 2 aromatic rings. The molecule has 0 radical (unpaired) electrons. The summed E-state index contributed by atoms with van der Waals surface area (Å²) in [6, 6.07) is 11.6. The van der Waals surface area contributed by atoms with Crippen molar-refractivity contribution in [3.8, 4) is 0 Å². The fourth-order valence-electron chi connectivity index (χ4n) is 3.14. The minimum Gasteiger partial charge on any atom is -0.292 e. The molecule has 0 saturated carbocycles. The molecule has 0 N–H and O–H groups in total. The number of hydrogen-bond donors (Lipinski definition) is 0. The molecule has 3 rings (SSSR count). The van der Waals surface area contributed by atoms with Crippen molar-refractivity contribution in [1.29, 1.82) is 0 Å². The highest BCUT2D eigenvalue weighted by Gasteiger charge is 2.22. The van der Waals surface area contributed by atoms with E-state index in [2.05, 4.69) is 22.0 Å². The van der Waals surface area contributed by atoms with Crippen molar-refractivity contribution in [3.05, 3.63) is 65.7 Å². The minimum absolute atomic E-state index is 0.166. The summed E-state index contributed by atoms with van der Waals surface area (Å²) in [5.74, 6) is -0.166. The van der Waals surface area contributed by atoms with Crippen LogP contribution in [0.5, 0.6) is 0 Å². The van der Waals surface area contributed by atoms with Crippen LogP contribution in [0.4, 0.5) is 4.39 Å². The van der Waals surface area contributed by atoms with Gasteiger partial charge in [-0.2, -0.15) is 0 Å². The largest absolute Gasteiger partial charge is 0.292 e. The molecule has 110 valence electrons. The number of halogens is 1. The van der Waals surface area contributed by atoms with E-state index in [0.717, 1.165) is 13.1 Å². The van der Waals surface area contributed by atoms with Crippen LogP contribution in [0.15, 0.2) is 48.8 Å². The van der Waals surface area contributed by atoms with E-state index in [1.807, 2.05) is 24.5 Å². The highest BCUT2D eigenvalue weighted by molar-refractivity contribution is 5.19. The third kappa shape index (κ3) is 3.67. The number of rotatable bonds is 3. The van der Waals surface area contributed by atoms with Gasteiger partial charge < -0.3 is 0 Å². The number of pyridine rings is 1. The maximum atomic E-state index is 13.1. The number of hydrogen-bond acceptors (Lipinski definition) is 2. The maximum Gasteiger partial charge on any atom is 0.123 e. The van der Waals surface area contributed by atoms with E-state index in [4.69, 9.17) is 0 Å². The Kier molecular flexibility index (Phi) is 4.61. The Balaban J connectivity index is 1.80. The molecule has 3 heteroatoms. The Hall–Kier alpha value is -1.74. The molecule has 1 saturated heterocycles. The van der Waals surface area contributed by atoms with Crippen LogP contribution in [-0.2, 0) is 6.54 Å². The average Bonchev–Trinajstić information content (AvgIpc) is 2.76. The smallest absolute Gasteiger partial charge is 0.123 e. The van der Waals surface area contributed by atoms with Crippen LogP contribution in [-0.4, -0.2) is 16.4 Å². The molecule has 1 unspecified atom stereocenters. The van der Waals surface area contributed by atoms with Gasteiger partial charge in [-0.15, -0.1) is 0 Å². The standard InChI is InChI=1S/C18H21FN2/c19-17-7-5-15(6-8-17)14-21-13-3-1-2-4-18(21)16-9-11-20-12-10-16/h5-12,18H,1-4,13-14H2. The Morgan fingerprint density at radius 3 is 2.52 bits per heavy atom. The van der Waals surface area contributed by atoms with Crippen LogP contribution in [0.3, 0.4) is 0 Å². The van der Waals surface area contributed by atoms with Crippen LogP contribution >= 0.6 is 0 Å². The predicted molar refractivity (Wildman–Crippen MR) is 82.3 cm³/mol. The second-order valence-electron chi connectivity index (χ2n) is 5.74. The van der Waals surface area contributed by atoms with E-state index in [1.54, 1.807) is 12.1 Å². The second kappa shape index (κ2) is 6.81. The zero-order chi connectivity index (χ0) is 14.5. The molecule has 0 amide bonds. The molecule has 0 spiro atoms. The summed E-state index contributed by atoms with van der Waals surface area (Å²) in [6.45, 7) is 1.98. The van der Waals surface area contributed by atoms with Crippen LogP contribution in [0.2, 0.25) is 0 Å². The average molecular weight is 284 g/mol. The number of nitrogens with zero attached hydrogens (tertiary/aromatic N) is 2. The van der Waals surface area contributed by atoms with Gasteiger partial charge in [-0.25, -0.2) is 4.39 Å². The molecule has 1 aromatic carbocycles. The second-order valence-corrected chi connectivity index (χ2v) is 5.74. The quantitative estimate of drug-likeness (QED) is 0.833. The highest BCUT2D eigenvalue weighted by atomic mass is 19.1. The zero-order valence-electron chi connectivity index (χ0n) is 12.2. The summed E-state index contributed by atoms with van der Waals surface area (Å²) in [5, 5.41) is 0. The summed E-state index contributed by atoms with van der Waals surface area (Å²) in [6.07, 6.45) is 8.73. The molecule has 1 atom stereocenters. The summed E-state index contributed by atoms with van der Waals surface area (Å²) < 4.78 is 13.1. The first-order chi connectivity index (χ1) is 10.3. The Bertz CT molecular complexity index is 553. The summed E-state index contributed by atoms with van der Waals surface area (Å²) in [5.41, 5.74) is 2.52. The third-order valence-electron chi connectivity index (χ3n) is 4.25. The van der Waals surface area contributed by atoms with Gasteiger partial charge in [0.1, 0.15) is 5.82 Å². The topological polar surface area (TPSA) is 16.1 Å². The number of likely N-dealkylation sites (tertiary alicyclic amines) is 1. The third-order valence-corrected chi connectivity index (χ3v) is 4.25.